The highest BCUT2D eigenvalue weighted by atomic mass is 32.2. The quantitative estimate of drug-likeness (QED) is 0.0484. The van der Waals surface area contributed by atoms with Gasteiger partial charge in [0.2, 0.25) is 0 Å². The third-order valence-electron chi connectivity index (χ3n) is 9.76. The molecule has 0 fully saturated rings. The third-order valence-corrected chi connectivity index (χ3v) is 13.9. The number of rotatable bonds is 36. The molecule has 0 heterocycles. The van der Waals surface area contributed by atoms with Crippen LogP contribution in [-0.4, -0.2) is 40.6 Å². The minimum atomic E-state index is -2.19. The zero-order valence-electron chi connectivity index (χ0n) is 33.2. The zero-order valence-corrected chi connectivity index (χ0v) is 35.0. The van der Waals surface area contributed by atoms with Crippen LogP contribution in [0.25, 0.3) is 0 Å². The van der Waals surface area contributed by atoms with Gasteiger partial charge in [-0.3, -0.25) is 0 Å². The lowest BCUT2D eigenvalue weighted by atomic mass is 10.0. The normalized spacial score (nSPS) is 13.0. The van der Waals surface area contributed by atoms with Crippen molar-refractivity contribution in [2.45, 2.75) is 244 Å². The second-order valence-electron chi connectivity index (χ2n) is 14.2. The summed E-state index contributed by atoms with van der Waals surface area (Å²) in [6, 6.07) is 0.816. The van der Waals surface area contributed by atoms with Crippen LogP contribution in [0.1, 0.15) is 227 Å². The first-order valence-electron chi connectivity index (χ1n) is 20.8. The van der Waals surface area contributed by atoms with Crippen molar-refractivity contribution in [3.8, 4) is 0 Å². The van der Waals surface area contributed by atoms with Gasteiger partial charge in [-0.05, 0) is 12.8 Å². The molecule has 0 aliphatic rings. The molecular formula is C41H88O3SSi. The monoisotopic (exact) mass is 689 g/mol. The van der Waals surface area contributed by atoms with Gasteiger partial charge in [-0.1, -0.05) is 214 Å². The van der Waals surface area contributed by atoms with Crippen LogP contribution in [0, 0.1) is 0 Å². The highest BCUT2D eigenvalue weighted by Gasteiger charge is 2.34. The van der Waals surface area contributed by atoms with Gasteiger partial charge >= 0.3 is 8.80 Å². The SMILES string of the molecule is CCCCCCCCCCCCCCCCC(C)SC(C)CCCCCCCCCCCCCCCC.CC[Si](OC)(OC)OC. The Bertz CT molecular complexity index is 492. The van der Waals surface area contributed by atoms with Crippen molar-refractivity contribution in [1.29, 1.82) is 0 Å². The summed E-state index contributed by atoms with van der Waals surface area (Å²) in [6.45, 7) is 11.6. The minimum Gasteiger partial charge on any atom is -0.377 e. The maximum Gasteiger partial charge on any atom is 0.499 e. The van der Waals surface area contributed by atoms with Gasteiger partial charge in [0.25, 0.3) is 0 Å². The van der Waals surface area contributed by atoms with Crippen molar-refractivity contribution in [1.82, 2.24) is 0 Å². The first-order valence-corrected chi connectivity index (χ1v) is 23.6. The van der Waals surface area contributed by atoms with Gasteiger partial charge in [0, 0.05) is 37.9 Å². The lowest BCUT2D eigenvalue weighted by molar-refractivity contribution is 0.125. The average Bonchev–Trinajstić information content (AvgIpc) is 3.06. The molecule has 0 spiro atoms. The van der Waals surface area contributed by atoms with Crippen LogP contribution >= 0.6 is 11.8 Å². The predicted molar refractivity (Wildman–Crippen MR) is 214 cm³/mol. The van der Waals surface area contributed by atoms with E-state index in [1.165, 1.54) is 193 Å². The Kier molecular flexibility index (Phi) is 42.1. The molecule has 0 saturated heterocycles. The fourth-order valence-electron chi connectivity index (χ4n) is 6.47. The molecule has 5 heteroatoms. The molecule has 2 atom stereocenters. The fourth-order valence-corrected chi connectivity index (χ4v) is 9.23. The molecule has 0 aromatic rings. The van der Waals surface area contributed by atoms with Gasteiger partial charge in [0.1, 0.15) is 0 Å². The molecule has 0 saturated carbocycles. The third kappa shape index (κ3) is 35.7. The van der Waals surface area contributed by atoms with Crippen molar-refractivity contribution in [3.05, 3.63) is 0 Å². The van der Waals surface area contributed by atoms with Crippen molar-refractivity contribution < 1.29 is 13.3 Å². The zero-order chi connectivity index (χ0) is 34.4. The van der Waals surface area contributed by atoms with Crippen LogP contribution in [0.3, 0.4) is 0 Å². The van der Waals surface area contributed by atoms with Gasteiger partial charge < -0.3 is 13.3 Å². The first-order chi connectivity index (χ1) is 22.4. The smallest absolute Gasteiger partial charge is 0.377 e. The van der Waals surface area contributed by atoms with Crippen LogP contribution in [0.2, 0.25) is 6.04 Å². The Balaban J connectivity index is 0. The van der Waals surface area contributed by atoms with E-state index in [9.17, 15) is 0 Å². The van der Waals surface area contributed by atoms with Crippen molar-refractivity contribution >= 4 is 20.6 Å². The lowest BCUT2D eigenvalue weighted by Crippen LogP contribution is -2.41. The molecule has 0 aliphatic heterocycles. The minimum absolute atomic E-state index is 0.816. The highest BCUT2D eigenvalue weighted by Crippen LogP contribution is 2.26. The molecule has 0 bridgehead atoms. The van der Waals surface area contributed by atoms with Gasteiger partial charge in [-0.25, -0.2) is 0 Å². The molecule has 0 radical (unpaired) electrons. The standard InChI is InChI=1S/C36H74S.C5H14O3Si/c1-5-7-9-11-13-15-17-19-21-23-25-27-29-31-33-35(3)37-36(4)34-32-30-28-26-24-22-20-18-16-14-12-10-8-6-2;1-5-9(6-2,7-3)8-4/h35-36H,5-34H2,1-4H3;5H2,1-4H3. The van der Waals surface area contributed by atoms with E-state index < -0.39 is 8.80 Å². The Labute approximate surface area is 298 Å². The molecule has 0 N–H and O–H groups in total. The highest BCUT2D eigenvalue weighted by molar-refractivity contribution is 8.00. The molecular weight excluding hydrogens is 601 g/mol. The van der Waals surface area contributed by atoms with E-state index in [4.69, 9.17) is 13.3 Å². The van der Waals surface area contributed by atoms with E-state index in [-0.39, 0.29) is 0 Å². The van der Waals surface area contributed by atoms with Crippen molar-refractivity contribution in [2.75, 3.05) is 21.3 Å². The molecule has 46 heavy (non-hydrogen) atoms. The van der Waals surface area contributed by atoms with E-state index in [1.54, 1.807) is 21.3 Å². The van der Waals surface area contributed by atoms with Crippen LogP contribution in [0.5, 0.6) is 0 Å². The van der Waals surface area contributed by atoms with E-state index in [0.717, 1.165) is 16.5 Å². The molecule has 2 unspecified atom stereocenters. The maximum absolute atomic E-state index is 5.08. The second-order valence-corrected chi connectivity index (χ2v) is 19.4. The van der Waals surface area contributed by atoms with E-state index >= 15 is 0 Å². The Morgan fingerprint density at radius 2 is 0.587 bits per heavy atom. The fraction of sp³-hybridized carbons (Fsp3) is 1.00. The topological polar surface area (TPSA) is 27.7 Å². The summed E-state index contributed by atoms with van der Waals surface area (Å²) in [6.07, 6.45) is 43.9. The van der Waals surface area contributed by atoms with Gasteiger partial charge in [0.05, 0.1) is 0 Å². The number of hydrogen-bond donors (Lipinski definition) is 0. The molecule has 280 valence electrons. The summed E-state index contributed by atoms with van der Waals surface area (Å²) >= 11 is 2.27. The molecule has 0 aromatic heterocycles. The summed E-state index contributed by atoms with van der Waals surface area (Å²) in [5.74, 6) is 0. The molecule has 0 aromatic carbocycles. The first kappa shape index (κ1) is 48.6. The maximum atomic E-state index is 5.08. The van der Waals surface area contributed by atoms with Crippen LogP contribution in [0.4, 0.5) is 0 Å². The van der Waals surface area contributed by atoms with Gasteiger partial charge in [-0.15, -0.1) is 0 Å². The summed E-state index contributed by atoms with van der Waals surface area (Å²) in [5.41, 5.74) is 0. The Morgan fingerprint density at radius 3 is 0.761 bits per heavy atom. The van der Waals surface area contributed by atoms with Crippen molar-refractivity contribution in [3.63, 3.8) is 0 Å². The summed E-state index contributed by atoms with van der Waals surface area (Å²) in [7, 11) is 2.65. The molecule has 3 nitrogen and oxygen atoms in total. The predicted octanol–water partition coefficient (Wildman–Crippen LogP) is 15.1. The second kappa shape index (κ2) is 39.9. The largest absolute Gasteiger partial charge is 0.499 e. The Hall–Kier alpha value is 0.447. The van der Waals surface area contributed by atoms with E-state index in [0.29, 0.717) is 0 Å². The lowest BCUT2D eigenvalue weighted by Gasteiger charge is -2.22. The van der Waals surface area contributed by atoms with Crippen molar-refractivity contribution in [2.24, 2.45) is 0 Å². The summed E-state index contributed by atoms with van der Waals surface area (Å²) in [5, 5.41) is 1.72. The number of hydrogen-bond acceptors (Lipinski definition) is 4. The van der Waals surface area contributed by atoms with Crippen LogP contribution in [0.15, 0.2) is 0 Å². The molecule has 0 amide bonds. The number of thioether (sulfide) groups is 1. The van der Waals surface area contributed by atoms with Gasteiger partial charge in [0.15, 0.2) is 0 Å². The summed E-state index contributed by atoms with van der Waals surface area (Å²) < 4.78 is 15.2. The molecule has 0 rings (SSSR count). The number of unbranched alkanes of at least 4 members (excludes halogenated alkanes) is 26. The van der Waals surface area contributed by atoms with Gasteiger partial charge in [-0.2, -0.15) is 11.8 Å². The Morgan fingerprint density at radius 1 is 0.370 bits per heavy atom. The van der Waals surface area contributed by atoms with E-state index in [2.05, 4.69) is 39.5 Å². The van der Waals surface area contributed by atoms with Crippen LogP contribution < -0.4 is 0 Å². The average molecular weight is 689 g/mol. The van der Waals surface area contributed by atoms with Crippen LogP contribution in [-0.2, 0) is 13.3 Å². The molecule has 0 aliphatic carbocycles. The summed E-state index contributed by atoms with van der Waals surface area (Å²) in [4.78, 5) is 0. The van der Waals surface area contributed by atoms with E-state index in [1.807, 2.05) is 6.92 Å².